The zero-order valence-corrected chi connectivity index (χ0v) is 18.7. The second-order valence-electron chi connectivity index (χ2n) is 9.23. The third-order valence-electron chi connectivity index (χ3n) is 6.78. The summed E-state index contributed by atoms with van der Waals surface area (Å²) in [6, 6.07) is 2.18. The number of benzene rings is 1. The molecule has 0 bridgehead atoms. The van der Waals surface area contributed by atoms with Crippen LogP contribution in [0.15, 0.2) is 12.1 Å². The lowest BCUT2D eigenvalue weighted by Gasteiger charge is -2.38. The van der Waals surface area contributed by atoms with E-state index in [2.05, 4.69) is 17.6 Å². The second kappa shape index (κ2) is 8.43. The number of carbonyl (C=O) groups is 2. The molecule has 2 amide bonds. The van der Waals surface area contributed by atoms with Crippen molar-refractivity contribution < 1.29 is 14.0 Å². The first-order valence-corrected chi connectivity index (χ1v) is 11.0. The topological polar surface area (TPSA) is 58.2 Å². The van der Waals surface area contributed by atoms with Gasteiger partial charge in [0.1, 0.15) is 5.82 Å². The maximum atomic E-state index is 14.9. The number of amides is 2. The lowest BCUT2D eigenvalue weighted by Crippen LogP contribution is -2.45. The molecule has 0 saturated heterocycles. The molecule has 0 spiro atoms. The van der Waals surface area contributed by atoms with E-state index in [4.69, 9.17) is 23.2 Å². The van der Waals surface area contributed by atoms with Gasteiger partial charge in [-0.25, -0.2) is 4.39 Å². The first kappa shape index (κ1) is 22.4. The van der Waals surface area contributed by atoms with Crippen molar-refractivity contribution in [2.24, 2.45) is 10.8 Å². The molecule has 1 aromatic carbocycles. The summed E-state index contributed by atoms with van der Waals surface area (Å²) in [4.78, 5) is 24.8. The van der Waals surface area contributed by atoms with Gasteiger partial charge in [0.25, 0.3) is 0 Å². The smallest absolute Gasteiger partial charge is 0.226 e. The monoisotopic (exact) mass is 442 g/mol. The highest BCUT2D eigenvalue weighted by Crippen LogP contribution is 2.50. The van der Waals surface area contributed by atoms with E-state index >= 15 is 0 Å². The maximum absolute atomic E-state index is 14.9. The molecule has 0 radical (unpaired) electrons. The molecule has 0 aliphatic heterocycles. The number of halogens is 3. The summed E-state index contributed by atoms with van der Waals surface area (Å²) in [6.07, 6.45) is 5.80. The van der Waals surface area contributed by atoms with Crippen molar-refractivity contribution >= 4 is 35.0 Å². The van der Waals surface area contributed by atoms with E-state index in [0.29, 0.717) is 12.8 Å². The molecule has 7 heteroatoms. The van der Waals surface area contributed by atoms with Crippen LogP contribution in [0.3, 0.4) is 0 Å². The van der Waals surface area contributed by atoms with Crippen molar-refractivity contribution in [2.75, 3.05) is 0 Å². The summed E-state index contributed by atoms with van der Waals surface area (Å²) in [7, 11) is 0. The first-order valence-electron chi connectivity index (χ1n) is 10.3. The van der Waals surface area contributed by atoms with Gasteiger partial charge in [0.15, 0.2) is 0 Å². The molecule has 1 aromatic rings. The van der Waals surface area contributed by atoms with Gasteiger partial charge in [-0.1, -0.05) is 49.9 Å². The molecular weight excluding hydrogens is 414 g/mol. The minimum Gasteiger partial charge on any atom is -0.354 e. The van der Waals surface area contributed by atoms with Crippen LogP contribution in [0.25, 0.3) is 0 Å². The Hall–Kier alpha value is -1.33. The number of hydrogen-bond donors (Lipinski definition) is 2. The summed E-state index contributed by atoms with van der Waals surface area (Å²) in [5.74, 6) is -0.673. The number of nitrogens with one attached hydrogen (secondary N) is 2. The molecule has 160 valence electrons. The van der Waals surface area contributed by atoms with Crippen molar-refractivity contribution in [3.63, 3.8) is 0 Å². The Labute approximate surface area is 181 Å². The van der Waals surface area contributed by atoms with E-state index in [1.807, 2.05) is 6.92 Å². The predicted octanol–water partition coefficient (Wildman–Crippen LogP) is 5.57. The van der Waals surface area contributed by atoms with Crippen LogP contribution >= 0.6 is 23.2 Å². The van der Waals surface area contributed by atoms with Crippen LogP contribution < -0.4 is 10.6 Å². The fraction of sp³-hybridized carbons (Fsp3) is 0.636. The van der Waals surface area contributed by atoms with E-state index in [1.54, 1.807) is 0 Å². The standard InChI is InChI=1S/C22H29Cl2FN2O2/c1-13(28)26-14-8-11-22(3,12-14)20(29)27-19(21(2)9-4-5-10-21)17-16(25)7-6-15(23)18(17)24/h6-7,14,19H,4-5,8-12H2,1-3H3,(H,26,28)(H,27,29)/t14-,19?,22+/m0/s1. The second-order valence-corrected chi connectivity index (χ2v) is 10.0. The van der Waals surface area contributed by atoms with Crippen molar-refractivity contribution in [1.82, 2.24) is 10.6 Å². The molecule has 2 aliphatic rings. The Bertz CT molecular complexity index is 810. The van der Waals surface area contributed by atoms with Crippen LogP contribution in [0.1, 0.15) is 77.3 Å². The van der Waals surface area contributed by atoms with Crippen LogP contribution in [0, 0.1) is 16.6 Å². The highest BCUT2D eigenvalue weighted by molar-refractivity contribution is 6.42. The summed E-state index contributed by atoms with van der Waals surface area (Å²) in [5, 5.41) is 6.50. The zero-order valence-electron chi connectivity index (χ0n) is 17.2. The van der Waals surface area contributed by atoms with Crippen LogP contribution in [-0.4, -0.2) is 17.9 Å². The van der Waals surface area contributed by atoms with Gasteiger partial charge in [-0.2, -0.15) is 0 Å². The third-order valence-corrected chi connectivity index (χ3v) is 7.60. The summed E-state index contributed by atoms with van der Waals surface area (Å²) < 4.78 is 14.9. The van der Waals surface area contributed by atoms with E-state index in [1.165, 1.54) is 19.1 Å². The van der Waals surface area contributed by atoms with Crippen LogP contribution in [-0.2, 0) is 9.59 Å². The van der Waals surface area contributed by atoms with E-state index < -0.39 is 17.3 Å². The zero-order chi connectivity index (χ0) is 21.4. The van der Waals surface area contributed by atoms with Gasteiger partial charge in [0.05, 0.1) is 16.1 Å². The molecule has 2 aliphatic carbocycles. The average Bonchev–Trinajstić information content (AvgIpc) is 3.24. The largest absolute Gasteiger partial charge is 0.354 e. The lowest BCUT2D eigenvalue weighted by atomic mass is 9.76. The first-order chi connectivity index (χ1) is 13.6. The normalized spacial score (nSPS) is 26.9. The summed E-state index contributed by atoms with van der Waals surface area (Å²) >= 11 is 12.6. The van der Waals surface area contributed by atoms with Crippen LogP contribution in [0.5, 0.6) is 0 Å². The van der Waals surface area contributed by atoms with Gasteiger partial charge in [0, 0.05) is 23.9 Å². The van der Waals surface area contributed by atoms with Gasteiger partial charge in [-0.15, -0.1) is 0 Å². The molecule has 0 aromatic heterocycles. The van der Waals surface area contributed by atoms with Gasteiger partial charge in [0.2, 0.25) is 11.8 Å². The highest BCUT2D eigenvalue weighted by Gasteiger charge is 2.46. The van der Waals surface area contributed by atoms with Gasteiger partial charge >= 0.3 is 0 Å². The van der Waals surface area contributed by atoms with Crippen molar-refractivity contribution in [3.05, 3.63) is 33.6 Å². The Morgan fingerprint density at radius 3 is 2.45 bits per heavy atom. The molecule has 1 unspecified atom stereocenters. The molecule has 0 heterocycles. The Kier molecular flexibility index (Phi) is 6.50. The Balaban J connectivity index is 1.90. The molecule has 2 N–H and O–H groups in total. The molecule has 3 atom stereocenters. The Morgan fingerprint density at radius 2 is 1.83 bits per heavy atom. The number of hydrogen-bond acceptors (Lipinski definition) is 2. The van der Waals surface area contributed by atoms with Crippen LogP contribution in [0.2, 0.25) is 10.0 Å². The molecule has 3 rings (SSSR count). The van der Waals surface area contributed by atoms with E-state index in [-0.39, 0.29) is 38.9 Å². The number of rotatable bonds is 5. The average molecular weight is 443 g/mol. The van der Waals surface area contributed by atoms with Gasteiger partial charge in [-0.3, -0.25) is 9.59 Å². The Morgan fingerprint density at radius 1 is 1.17 bits per heavy atom. The molecule has 4 nitrogen and oxygen atoms in total. The fourth-order valence-electron chi connectivity index (χ4n) is 5.04. The number of carbonyl (C=O) groups excluding carboxylic acids is 2. The highest BCUT2D eigenvalue weighted by atomic mass is 35.5. The van der Waals surface area contributed by atoms with Crippen molar-refractivity contribution in [2.45, 2.75) is 77.8 Å². The summed E-state index contributed by atoms with van der Waals surface area (Å²) in [5.41, 5.74) is -0.643. The lowest BCUT2D eigenvalue weighted by molar-refractivity contribution is -0.132. The maximum Gasteiger partial charge on any atom is 0.226 e. The molecule has 29 heavy (non-hydrogen) atoms. The predicted molar refractivity (Wildman–Crippen MR) is 113 cm³/mol. The summed E-state index contributed by atoms with van der Waals surface area (Å²) in [6.45, 7) is 5.48. The van der Waals surface area contributed by atoms with Crippen LogP contribution in [0.4, 0.5) is 4.39 Å². The molecule has 2 fully saturated rings. The van der Waals surface area contributed by atoms with Crippen molar-refractivity contribution in [3.8, 4) is 0 Å². The molecular formula is C22H29Cl2FN2O2. The minimum absolute atomic E-state index is 0.0183. The van der Waals surface area contributed by atoms with Gasteiger partial charge in [-0.05, 0) is 49.7 Å². The van der Waals surface area contributed by atoms with E-state index in [0.717, 1.165) is 32.1 Å². The fourth-order valence-corrected chi connectivity index (χ4v) is 5.46. The third kappa shape index (κ3) is 4.56. The quantitative estimate of drug-likeness (QED) is 0.585. The molecule has 2 saturated carbocycles. The SMILES string of the molecule is CC(=O)N[C@H]1CC[C@@](C)(C(=O)NC(c2c(F)ccc(Cl)c2Cl)C2(C)CCCC2)C1. The van der Waals surface area contributed by atoms with Crippen molar-refractivity contribution in [1.29, 1.82) is 0 Å². The van der Waals surface area contributed by atoms with Gasteiger partial charge < -0.3 is 10.6 Å². The minimum atomic E-state index is -0.623. The van der Waals surface area contributed by atoms with E-state index in [9.17, 15) is 14.0 Å².